The molecule has 1 aliphatic heterocycles. The lowest BCUT2D eigenvalue weighted by molar-refractivity contribution is -0.118. The van der Waals surface area contributed by atoms with Crippen LogP contribution in [0.4, 0.5) is 11.4 Å². The van der Waals surface area contributed by atoms with E-state index in [0.717, 1.165) is 18.8 Å². The number of nitrogens with one attached hydrogen (secondary N) is 2. The first-order valence-corrected chi connectivity index (χ1v) is 9.38. The Morgan fingerprint density at radius 3 is 2.21 bits per heavy atom. The fraction of sp³-hybridized carbons (Fsp3) is 0.333. The van der Waals surface area contributed by atoms with E-state index in [-0.39, 0.29) is 11.8 Å². The van der Waals surface area contributed by atoms with Gasteiger partial charge in [-0.25, -0.2) is 0 Å². The van der Waals surface area contributed by atoms with E-state index >= 15 is 0 Å². The van der Waals surface area contributed by atoms with Crippen LogP contribution in [0.15, 0.2) is 48.5 Å². The third-order valence-electron chi connectivity index (χ3n) is 4.32. The van der Waals surface area contributed by atoms with Crippen LogP contribution < -0.4 is 15.4 Å². The van der Waals surface area contributed by atoms with Crippen LogP contribution in [-0.4, -0.2) is 56.2 Å². The predicted molar refractivity (Wildman–Crippen MR) is 108 cm³/mol. The molecule has 1 saturated heterocycles. The summed E-state index contributed by atoms with van der Waals surface area (Å²) < 4.78 is 10.7. The van der Waals surface area contributed by atoms with Crippen molar-refractivity contribution in [2.75, 3.05) is 50.1 Å². The van der Waals surface area contributed by atoms with Crippen molar-refractivity contribution >= 4 is 23.2 Å². The minimum absolute atomic E-state index is 0.0755. The first-order chi connectivity index (χ1) is 13.6. The number of carbonyl (C=O) groups is 2. The monoisotopic (exact) mass is 383 g/mol. The first-order valence-electron chi connectivity index (χ1n) is 9.38. The standard InChI is InChI=1S/C21H25N3O4/c1-2-28-19-9-7-18(8-10-19)23-21(26)16-3-5-17(6-4-16)22-20(25)15-24-11-13-27-14-12-24/h3-10H,2,11-15H2,1H3,(H,22,25)(H,23,26). The number of carbonyl (C=O) groups excluding carboxylic acids is 2. The number of amides is 2. The average molecular weight is 383 g/mol. The van der Waals surface area contributed by atoms with Gasteiger partial charge in [-0.1, -0.05) is 0 Å². The fourth-order valence-corrected chi connectivity index (χ4v) is 2.87. The SMILES string of the molecule is CCOc1ccc(NC(=O)c2ccc(NC(=O)CN3CCOCC3)cc2)cc1. The number of benzene rings is 2. The number of morpholine rings is 1. The van der Waals surface area contributed by atoms with Gasteiger partial charge in [0.2, 0.25) is 5.91 Å². The lowest BCUT2D eigenvalue weighted by Gasteiger charge is -2.25. The smallest absolute Gasteiger partial charge is 0.255 e. The molecule has 0 bridgehead atoms. The molecule has 2 aromatic rings. The van der Waals surface area contributed by atoms with E-state index < -0.39 is 0 Å². The Morgan fingerprint density at radius 2 is 1.57 bits per heavy atom. The van der Waals surface area contributed by atoms with Gasteiger partial charge in [-0.05, 0) is 55.5 Å². The molecule has 3 rings (SSSR count). The highest BCUT2D eigenvalue weighted by atomic mass is 16.5. The van der Waals surface area contributed by atoms with E-state index in [9.17, 15) is 9.59 Å². The van der Waals surface area contributed by atoms with Gasteiger partial charge in [0.05, 0.1) is 26.4 Å². The van der Waals surface area contributed by atoms with Crippen molar-refractivity contribution in [3.8, 4) is 5.75 Å². The topological polar surface area (TPSA) is 79.9 Å². The number of nitrogens with zero attached hydrogens (tertiary/aromatic N) is 1. The first kappa shape index (κ1) is 19.9. The molecule has 0 radical (unpaired) electrons. The van der Waals surface area contributed by atoms with Crippen molar-refractivity contribution in [1.29, 1.82) is 0 Å². The van der Waals surface area contributed by atoms with Crippen LogP contribution in [0.5, 0.6) is 5.75 Å². The van der Waals surface area contributed by atoms with Crippen molar-refractivity contribution < 1.29 is 19.1 Å². The lowest BCUT2D eigenvalue weighted by Crippen LogP contribution is -2.41. The van der Waals surface area contributed by atoms with Gasteiger partial charge in [0.25, 0.3) is 5.91 Å². The van der Waals surface area contributed by atoms with Gasteiger partial charge in [0.1, 0.15) is 5.75 Å². The maximum atomic E-state index is 12.4. The lowest BCUT2D eigenvalue weighted by atomic mass is 10.2. The van der Waals surface area contributed by atoms with Gasteiger partial charge in [0.15, 0.2) is 0 Å². The molecule has 2 aromatic carbocycles. The maximum Gasteiger partial charge on any atom is 0.255 e. The second kappa shape index (κ2) is 9.87. The van der Waals surface area contributed by atoms with E-state index in [1.807, 2.05) is 19.1 Å². The van der Waals surface area contributed by atoms with Crippen molar-refractivity contribution in [3.05, 3.63) is 54.1 Å². The third kappa shape index (κ3) is 5.80. The zero-order chi connectivity index (χ0) is 19.8. The van der Waals surface area contributed by atoms with Gasteiger partial charge in [-0.2, -0.15) is 0 Å². The van der Waals surface area contributed by atoms with Crippen LogP contribution in [0, 0.1) is 0 Å². The summed E-state index contributed by atoms with van der Waals surface area (Å²) in [6.45, 7) is 5.70. The Kier molecular flexibility index (Phi) is 7.00. The second-order valence-corrected chi connectivity index (χ2v) is 6.43. The van der Waals surface area contributed by atoms with Crippen molar-refractivity contribution in [1.82, 2.24) is 4.90 Å². The zero-order valence-electron chi connectivity index (χ0n) is 15.9. The second-order valence-electron chi connectivity index (χ2n) is 6.43. The Balaban J connectivity index is 1.51. The molecule has 2 amide bonds. The molecule has 28 heavy (non-hydrogen) atoms. The molecule has 0 unspecified atom stereocenters. The van der Waals surface area contributed by atoms with Gasteiger partial charge in [-0.15, -0.1) is 0 Å². The predicted octanol–water partition coefficient (Wildman–Crippen LogP) is 2.61. The van der Waals surface area contributed by atoms with E-state index in [2.05, 4.69) is 15.5 Å². The van der Waals surface area contributed by atoms with Gasteiger partial charge < -0.3 is 20.1 Å². The van der Waals surface area contributed by atoms with Crippen LogP contribution in [0.3, 0.4) is 0 Å². The molecule has 0 aliphatic carbocycles. The number of rotatable bonds is 7. The third-order valence-corrected chi connectivity index (χ3v) is 4.32. The van der Waals surface area contributed by atoms with Gasteiger partial charge >= 0.3 is 0 Å². The van der Waals surface area contributed by atoms with Gasteiger partial charge in [0, 0.05) is 30.0 Å². The zero-order valence-corrected chi connectivity index (χ0v) is 15.9. The fourth-order valence-electron chi connectivity index (χ4n) is 2.87. The summed E-state index contributed by atoms with van der Waals surface area (Å²) in [6, 6.07) is 14.0. The molecule has 2 N–H and O–H groups in total. The van der Waals surface area contributed by atoms with Crippen LogP contribution in [0.2, 0.25) is 0 Å². The number of anilines is 2. The van der Waals surface area contributed by atoms with Crippen LogP contribution in [0.25, 0.3) is 0 Å². The van der Waals surface area contributed by atoms with E-state index in [4.69, 9.17) is 9.47 Å². The summed E-state index contributed by atoms with van der Waals surface area (Å²) in [5, 5.41) is 5.70. The molecule has 1 fully saturated rings. The van der Waals surface area contributed by atoms with Crippen LogP contribution >= 0.6 is 0 Å². The molecule has 148 valence electrons. The summed E-state index contributed by atoms with van der Waals surface area (Å²) in [7, 11) is 0. The number of hydrogen-bond donors (Lipinski definition) is 2. The molecule has 0 aromatic heterocycles. The average Bonchev–Trinajstić information content (AvgIpc) is 2.71. The quantitative estimate of drug-likeness (QED) is 0.768. The summed E-state index contributed by atoms with van der Waals surface area (Å²) in [5.74, 6) is 0.474. The van der Waals surface area contributed by atoms with Crippen LogP contribution in [0.1, 0.15) is 17.3 Å². The molecule has 0 spiro atoms. The number of hydrogen-bond acceptors (Lipinski definition) is 5. The minimum atomic E-state index is -0.213. The molecule has 0 saturated carbocycles. The highest BCUT2D eigenvalue weighted by Crippen LogP contribution is 2.17. The van der Waals surface area contributed by atoms with E-state index in [1.165, 1.54) is 0 Å². The van der Waals surface area contributed by atoms with Crippen LogP contribution in [-0.2, 0) is 9.53 Å². The maximum absolute atomic E-state index is 12.4. The van der Waals surface area contributed by atoms with E-state index in [1.54, 1.807) is 36.4 Å². The molecule has 7 heteroatoms. The highest BCUT2D eigenvalue weighted by molar-refractivity contribution is 6.04. The van der Waals surface area contributed by atoms with Crippen molar-refractivity contribution in [3.63, 3.8) is 0 Å². The Hall–Kier alpha value is -2.90. The molecular formula is C21H25N3O4. The highest BCUT2D eigenvalue weighted by Gasteiger charge is 2.14. The molecule has 1 aliphatic rings. The van der Waals surface area contributed by atoms with E-state index in [0.29, 0.717) is 43.3 Å². The van der Waals surface area contributed by atoms with Gasteiger partial charge in [-0.3, -0.25) is 14.5 Å². The molecule has 0 atom stereocenters. The Morgan fingerprint density at radius 1 is 0.964 bits per heavy atom. The molecular weight excluding hydrogens is 358 g/mol. The normalized spacial score (nSPS) is 14.3. The Labute approximate surface area is 164 Å². The van der Waals surface area contributed by atoms with Crippen molar-refractivity contribution in [2.45, 2.75) is 6.92 Å². The largest absolute Gasteiger partial charge is 0.494 e. The minimum Gasteiger partial charge on any atom is -0.494 e. The summed E-state index contributed by atoms with van der Waals surface area (Å²) in [4.78, 5) is 26.6. The molecule has 7 nitrogen and oxygen atoms in total. The molecule has 1 heterocycles. The summed E-state index contributed by atoms with van der Waals surface area (Å²) in [5.41, 5.74) is 1.87. The summed E-state index contributed by atoms with van der Waals surface area (Å²) >= 11 is 0. The summed E-state index contributed by atoms with van der Waals surface area (Å²) in [6.07, 6.45) is 0. The Bertz CT molecular complexity index is 784. The van der Waals surface area contributed by atoms with Crippen molar-refractivity contribution in [2.24, 2.45) is 0 Å². The number of ether oxygens (including phenoxy) is 2.